The molecule has 0 aliphatic heterocycles. The van der Waals surface area contributed by atoms with Crippen molar-refractivity contribution in [3.63, 3.8) is 0 Å². The van der Waals surface area contributed by atoms with Gasteiger partial charge in [-0.05, 0) is 19.4 Å². The van der Waals surface area contributed by atoms with Crippen molar-refractivity contribution < 1.29 is 5.11 Å². The topological polar surface area (TPSA) is 32.3 Å². The maximum atomic E-state index is 9.92. The average Bonchev–Trinajstić information content (AvgIpc) is 2.17. The van der Waals surface area contributed by atoms with Gasteiger partial charge in [0.15, 0.2) is 0 Å². The molecule has 2 N–H and O–H groups in total. The Morgan fingerprint density at radius 1 is 1.36 bits per heavy atom. The molecule has 0 aromatic heterocycles. The molecule has 0 amide bonds. The van der Waals surface area contributed by atoms with Gasteiger partial charge in [0.25, 0.3) is 0 Å². The second-order valence-corrected chi connectivity index (χ2v) is 3.96. The van der Waals surface area contributed by atoms with Gasteiger partial charge in [-0.15, -0.1) is 0 Å². The number of aliphatic hydroxyl groups is 1. The molecule has 0 aliphatic carbocycles. The minimum Gasteiger partial charge on any atom is -0.386 e. The van der Waals surface area contributed by atoms with Gasteiger partial charge in [-0.25, -0.2) is 0 Å². The molecule has 2 nitrogen and oxygen atoms in total. The molecule has 1 rings (SSSR count). The van der Waals surface area contributed by atoms with E-state index in [1.165, 1.54) is 0 Å². The van der Waals surface area contributed by atoms with Gasteiger partial charge in [0.05, 0.1) is 17.1 Å². The molecule has 1 aromatic carbocycles. The van der Waals surface area contributed by atoms with Crippen LogP contribution in [0.25, 0.3) is 0 Å². The van der Waals surface area contributed by atoms with Gasteiger partial charge in [0.1, 0.15) is 0 Å². The average molecular weight is 209 g/mol. The number of benzene rings is 1. The fourth-order valence-corrected chi connectivity index (χ4v) is 1.52. The third kappa shape index (κ3) is 3.09. The lowest BCUT2D eigenvalue weighted by Gasteiger charge is -2.20. The molecule has 0 radical (unpaired) electrons. The van der Waals surface area contributed by atoms with E-state index in [0.717, 1.165) is 5.56 Å². The van der Waals surface area contributed by atoms with Crippen LogP contribution >= 0.6 is 12.2 Å². The van der Waals surface area contributed by atoms with E-state index in [9.17, 15) is 5.11 Å². The lowest BCUT2D eigenvalue weighted by atomic mass is 10.0. The summed E-state index contributed by atoms with van der Waals surface area (Å²) in [6.07, 6.45) is -0.519. The second-order valence-electron chi connectivity index (χ2n) is 3.34. The lowest BCUT2D eigenvalue weighted by molar-refractivity contribution is 0.145. The Labute approximate surface area is 90.0 Å². The van der Waals surface area contributed by atoms with Crippen molar-refractivity contribution in [2.75, 3.05) is 0 Å². The maximum absolute atomic E-state index is 9.92. The monoisotopic (exact) mass is 209 g/mol. The highest BCUT2D eigenvalue weighted by atomic mass is 32.1. The molecule has 0 aliphatic rings. The molecule has 0 bridgehead atoms. The third-order valence-corrected chi connectivity index (χ3v) is 2.16. The molecular weight excluding hydrogens is 194 g/mol. The fraction of sp³-hybridized carbons (Fsp3) is 0.364. The van der Waals surface area contributed by atoms with Crippen LogP contribution in [0.4, 0.5) is 0 Å². The standard InChI is InChI=1S/C11H15NOS/c1-8(12-9(2)14)11(13)10-6-4-3-5-7-10/h3-8,11,13H,1-2H3,(H,12,14)/t8-,11-/m1/s1. The van der Waals surface area contributed by atoms with E-state index < -0.39 is 6.10 Å². The smallest absolute Gasteiger partial charge is 0.0988 e. The highest BCUT2D eigenvalue weighted by molar-refractivity contribution is 7.80. The maximum Gasteiger partial charge on any atom is 0.0988 e. The zero-order valence-corrected chi connectivity index (χ0v) is 9.21. The Morgan fingerprint density at radius 2 is 1.93 bits per heavy atom. The zero-order chi connectivity index (χ0) is 10.6. The lowest BCUT2D eigenvalue weighted by Crippen LogP contribution is -2.34. The summed E-state index contributed by atoms with van der Waals surface area (Å²) in [6, 6.07) is 9.50. The molecule has 0 heterocycles. The van der Waals surface area contributed by atoms with Crippen LogP contribution in [-0.4, -0.2) is 16.1 Å². The van der Waals surface area contributed by atoms with Crippen LogP contribution in [0.2, 0.25) is 0 Å². The van der Waals surface area contributed by atoms with E-state index in [1.54, 1.807) is 0 Å². The summed E-state index contributed by atoms with van der Waals surface area (Å²) in [7, 11) is 0. The Hall–Kier alpha value is -0.930. The van der Waals surface area contributed by atoms with Crippen molar-refractivity contribution in [2.45, 2.75) is 26.0 Å². The molecule has 0 saturated carbocycles. The first-order valence-corrected chi connectivity index (χ1v) is 5.02. The van der Waals surface area contributed by atoms with Gasteiger partial charge in [0.2, 0.25) is 0 Å². The summed E-state index contributed by atoms with van der Waals surface area (Å²) >= 11 is 4.92. The fourth-order valence-electron chi connectivity index (χ4n) is 1.34. The Kier molecular flexibility index (Phi) is 4.04. The number of thiocarbonyl (C=S) groups is 1. The summed E-state index contributed by atoms with van der Waals surface area (Å²) in [5, 5.41) is 12.9. The quantitative estimate of drug-likeness (QED) is 0.747. The first kappa shape index (κ1) is 11.1. The van der Waals surface area contributed by atoms with Crippen LogP contribution in [-0.2, 0) is 0 Å². The number of hydrogen-bond acceptors (Lipinski definition) is 2. The molecule has 14 heavy (non-hydrogen) atoms. The number of rotatable bonds is 3. The SMILES string of the molecule is CC(=S)N[C@H](C)[C@@H](O)c1ccccc1. The molecular formula is C11H15NOS. The van der Waals surface area contributed by atoms with Crippen molar-refractivity contribution in [2.24, 2.45) is 0 Å². The first-order chi connectivity index (χ1) is 6.61. The van der Waals surface area contributed by atoms with Crippen LogP contribution in [0.5, 0.6) is 0 Å². The molecule has 3 heteroatoms. The van der Waals surface area contributed by atoms with Gasteiger partial charge < -0.3 is 10.4 Å². The molecule has 0 spiro atoms. The van der Waals surface area contributed by atoms with Gasteiger partial charge in [0, 0.05) is 0 Å². The number of aliphatic hydroxyl groups excluding tert-OH is 1. The van der Waals surface area contributed by atoms with Crippen LogP contribution in [0, 0.1) is 0 Å². The third-order valence-electron chi connectivity index (χ3n) is 2.05. The Bertz CT molecular complexity index is 299. The minimum atomic E-state index is -0.519. The van der Waals surface area contributed by atoms with Gasteiger partial charge in [-0.2, -0.15) is 0 Å². The normalized spacial score (nSPS) is 14.5. The van der Waals surface area contributed by atoms with Crippen LogP contribution in [0.15, 0.2) is 30.3 Å². The molecule has 0 saturated heterocycles. The minimum absolute atomic E-state index is 0.0603. The summed E-state index contributed by atoms with van der Waals surface area (Å²) < 4.78 is 0. The molecule has 76 valence electrons. The van der Waals surface area contributed by atoms with E-state index in [1.807, 2.05) is 44.2 Å². The van der Waals surface area contributed by atoms with Crippen molar-refractivity contribution in [1.29, 1.82) is 0 Å². The summed E-state index contributed by atoms with van der Waals surface area (Å²) in [5.41, 5.74) is 0.906. The van der Waals surface area contributed by atoms with Crippen molar-refractivity contribution >= 4 is 17.2 Å². The van der Waals surface area contributed by atoms with Crippen LogP contribution < -0.4 is 5.32 Å². The highest BCUT2D eigenvalue weighted by Crippen LogP contribution is 2.15. The van der Waals surface area contributed by atoms with Gasteiger partial charge in [-0.3, -0.25) is 0 Å². The van der Waals surface area contributed by atoms with Crippen molar-refractivity contribution in [3.8, 4) is 0 Å². The molecule has 0 fully saturated rings. The first-order valence-electron chi connectivity index (χ1n) is 4.61. The van der Waals surface area contributed by atoms with Crippen LogP contribution in [0.3, 0.4) is 0 Å². The molecule has 2 atom stereocenters. The van der Waals surface area contributed by atoms with Crippen molar-refractivity contribution in [3.05, 3.63) is 35.9 Å². The van der Waals surface area contributed by atoms with Gasteiger partial charge in [-0.1, -0.05) is 42.5 Å². The van der Waals surface area contributed by atoms with E-state index in [0.29, 0.717) is 4.99 Å². The van der Waals surface area contributed by atoms with E-state index in [4.69, 9.17) is 12.2 Å². The van der Waals surface area contributed by atoms with Crippen molar-refractivity contribution in [1.82, 2.24) is 5.32 Å². The molecule has 1 aromatic rings. The predicted molar refractivity (Wildman–Crippen MR) is 62.3 cm³/mol. The number of hydrogen-bond donors (Lipinski definition) is 2. The predicted octanol–water partition coefficient (Wildman–Crippen LogP) is 2.05. The van der Waals surface area contributed by atoms with E-state index in [-0.39, 0.29) is 6.04 Å². The van der Waals surface area contributed by atoms with E-state index >= 15 is 0 Å². The summed E-state index contributed by atoms with van der Waals surface area (Å²) in [4.78, 5) is 0.701. The van der Waals surface area contributed by atoms with E-state index in [2.05, 4.69) is 5.32 Å². The summed E-state index contributed by atoms with van der Waals surface area (Å²) in [6.45, 7) is 3.72. The highest BCUT2D eigenvalue weighted by Gasteiger charge is 2.15. The number of nitrogens with one attached hydrogen (secondary N) is 1. The Morgan fingerprint density at radius 3 is 2.43 bits per heavy atom. The Balaban J connectivity index is 2.65. The summed E-state index contributed by atoms with van der Waals surface area (Å²) in [5.74, 6) is 0. The zero-order valence-electron chi connectivity index (χ0n) is 8.40. The van der Waals surface area contributed by atoms with Crippen LogP contribution in [0.1, 0.15) is 25.5 Å². The van der Waals surface area contributed by atoms with Gasteiger partial charge >= 0.3 is 0 Å². The largest absolute Gasteiger partial charge is 0.386 e. The second kappa shape index (κ2) is 5.08. The molecule has 0 unspecified atom stereocenters.